The van der Waals surface area contributed by atoms with E-state index in [4.69, 9.17) is 0 Å². The lowest BCUT2D eigenvalue weighted by Crippen LogP contribution is -2.30. The molecule has 92 valence electrons. The van der Waals surface area contributed by atoms with Crippen molar-refractivity contribution >= 4 is 0 Å². The minimum absolute atomic E-state index is 0.356. The molecule has 0 radical (unpaired) electrons. The van der Waals surface area contributed by atoms with Gasteiger partial charge < -0.3 is 9.88 Å². The third kappa shape index (κ3) is 1.42. The molecule has 0 saturated heterocycles. The standard InChI is InChI=1S/C14H16N4/c1-2-5-11-10(4-1)8-15-9-12(11)14-17-16-13-6-3-7-18(13)14/h1-2,4-5,12,15H,3,6-9H2. The first-order valence-corrected chi connectivity index (χ1v) is 6.64. The van der Waals surface area contributed by atoms with E-state index in [1.54, 1.807) is 0 Å². The summed E-state index contributed by atoms with van der Waals surface area (Å²) < 4.78 is 2.31. The SMILES string of the molecule is c1ccc2c(c1)CNCC2c1nnc2n1CCC2. The van der Waals surface area contributed by atoms with Gasteiger partial charge in [0, 0.05) is 26.1 Å². The van der Waals surface area contributed by atoms with Gasteiger partial charge in [-0.25, -0.2) is 0 Å². The van der Waals surface area contributed by atoms with Crippen molar-refractivity contribution in [3.63, 3.8) is 0 Å². The minimum Gasteiger partial charge on any atom is -0.314 e. The van der Waals surface area contributed by atoms with E-state index in [9.17, 15) is 0 Å². The van der Waals surface area contributed by atoms with E-state index in [1.165, 1.54) is 17.5 Å². The molecule has 2 aromatic rings. The fourth-order valence-electron chi connectivity index (χ4n) is 3.16. The Hall–Kier alpha value is -1.68. The van der Waals surface area contributed by atoms with Crippen LogP contribution in [0.4, 0.5) is 0 Å². The monoisotopic (exact) mass is 240 g/mol. The van der Waals surface area contributed by atoms with Gasteiger partial charge in [0.25, 0.3) is 0 Å². The zero-order chi connectivity index (χ0) is 11.9. The Morgan fingerprint density at radius 2 is 2.17 bits per heavy atom. The Morgan fingerprint density at radius 3 is 3.17 bits per heavy atom. The number of benzene rings is 1. The fraction of sp³-hybridized carbons (Fsp3) is 0.429. The second-order valence-corrected chi connectivity index (χ2v) is 5.11. The van der Waals surface area contributed by atoms with E-state index in [1.807, 2.05) is 0 Å². The Labute approximate surface area is 106 Å². The molecule has 3 heterocycles. The van der Waals surface area contributed by atoms with Crippen LogP contribution in [0.3, 0.4) is 0 Å². The molecular formula is C14H16N4. The lowest BCUT2D eigenvalue weighted by atomic mass is 9.90. The summed E-state index contributed by atoms with van der Waals surface area (Å²) in [6, 6.07) is 8.67. The second-order valence-electron chi connectivity index (χ2n) is 5.11. The molecular weight excluding hydrogens is 224 g/mol. The quantitative estimate of drug-likeness (QED) is 0.820. The summed E-state index contributed by atoms with van der Waals surface area (Å²) in [7, 11) is 0. The number of rotatable bonds is 1. The van der Waals surface area contributed by atoms with Gasteiger partial charge in [-0.15, -0.1) is 10.2 Å². The van der Waals surface area contributed by atoms with Crippen LogP contribution in [0.15, 0.2) is 24.3 Å². The van der Waals surface area contributed by atoms with Gasteiger partial charge in [-0.1, -0.05) is 24.3 Å². The van der Waals surface area contributed by atoms with Gasteiger partial charge in [0.15, 0.2) is 0 Å². The van der Waals surface area contributed by atoms with E-state index >= 15 is 0 Å². The van der Waals surface area contributed by atoms with Crippen LogP contribution in [-0.4, -0.2) is 21.3 Å². The van der Waals surface area contributed by atoms with Crippen molar-refractivity contribution in [3.8, 4) is 0 Å². The summed E-state index contributed by atoms with van der Waals surface area (Å²) in [6.45, 7) is 3.01. The molecule has 0 fully saturated rings. The number of hydrogen-bond donors (Lipinski definition) is 1. The maximum Gasteiger partial charge on any atom is 0.141 e. The van der Waals surface area contributed by atoms with Crippen LogP contribution in [0.25, 0.3) is 0 Å². The Morgan fingerprint density at radius 1 is 1.22 bits per heavy atom. The number of aryl methyl sites for hydroxylation is 1. The summed E-state index contributed by atoms with van der Waals surface area (Å²) >= 11 is 0. The third-order valence-electron chi connectivity index (χ3n) is 4.04. The third-order valence-corrected chi connectivity index (χ3v) is 4.04. The zero-order valence-corrected chi connectivity index (χ0v) is 10.3. The van der Waals surface area contributed by atoms with Crippen LogP contribution in [0.2, 0.25) is 0 Å². The number of fused-ring (bicyclic) bond motifs is 2. The summed E-state index contributed by atoms with van der Waals surface area (Å²) in [6.07, 6.45) is 2.29. The van der Waals surface area contributed by atoms with Crippen molar-refractivity contribution in [2.75, 3.05) is 6.54 Å². The molecule has 4 nitrogen and oxygen atoms in total. The predicted octanol–water partition coefficient (Wildman–Crippen LogP) is 1.46. The highest BCUT2D eigenvalue weighted by Crippen LogP contribution is 2.30. The smallest absolute Gasteiger partial charge is 0.141 e. The molecule has 0 amide bonds. The maximum atomic E-state index is 4.43. The van der Waals surface area contributed by atoms with Gasteiger partial charge in [0.05, 0.1) is 5.92 Å². The van der Waals surface area contributed by atoms with E-state index in [2.05, 4.69) is 44.3 Å². The van der Waals surface area contributed by atoms with Gasteiger partial charge in [-0.3, -0.25) is 0 Å². The second kappa shape index (κ2) is 3.92. The topological polar surface area (TPSA) is 42.7 Å². The van der Waals surface area contributed by atoms with Crippen molar-refractivity contribution < 1.29 is 0 Å². The minimum atomic E-state index is 0.356. The van der Waals surface area contributed by atoms with Crippen molar-refractivity contribution in [1.29, 1.82) is 0 Å². The van der Waals surface area contributed by atoms with E-state index in [-0.39, 0.29) is 0 Å². The molecule has 0 aliphatic carbocycles. The van der Waals surface area contributed by atoms with Crippen LogP contribution >= 0.6 is 0 Å². The van der Waals surface area contributed by atoms with E-state index < -0.39 is 0 Å². The molecule has 4 heteroatoms. The van der Waals surface area contributed by atoms with Gasteiger partial charge in [0.1, 0.15) is 11.6 Å². The number of hydrogen-bond acceptors (Lipinski definition) is 3. The molecule has 2 aliphatic heterocycles. The van der Waals surface area contributed by atoms with Gasteiger partial charge in [-0.2, -0.15) is 0 Å². The first kappa shape index (κ1) is 10.3. The lowest BCUT2D eigenvalue weighted by molar-refractivity contribution is 0.546. The highest BCUT2D eigenvalue weighted by Gasteiger charge is 2.28. The van der Waals surface area contributed by atoms with Gasteiger partial charge in [-0.05, 0) is 17.5 Å². The Balaban J connectivity index is 1.82. The molecule has 0 spiro atoms. The highest BCUT2D eigenvalue weighted by molar-refractivity contribution is 5.36. The molecule has 0 saturated carbocycles. The zero-order valence-electron chi connectivity index (χ0n) is 10.3. The molecule has 1 aromatic carbocycles. The molecule has 0 bridgehead atoms. The molecule has 1 N–H and O–H groups in total. The summed E-state index contributed by atoms with van der Waals surface area (Å²) in [4.78, 5) is 0. The highest BCUT2D eigenvalue weighted by atomic mass is 15.3. The number of nitrogens with zero attached hydrogens (tertiary/aromatic N) is 3. The van der Waals surface area contributed by atoms with Crippen molar-refractivity contribution in [1.82, 2.24) is 20.1 Å². The van der Waals surface area contributed by atoms with Crippen LogP contribution in [-0.2, 0) is 19.5 Å². The number of nitrogens with one attached hydrogen (secondary N) is 1. The van der Waals surface area contributed by atoms with Gasteiger partial charge in [0.2, 0.25) is 0 Å². The molecule has 18 heavy (non-hydrogen) atoms. The first-order valence-electron chi connectivity index (χ1n) is 6.64. The van der Waals surface area contributed by atoms with E-state index in [0.717, 1.165) is 37.7 Å². The van der Waals surface area contributed by atoms with Crippen LogP contribution in [0, 0.1) is 0 Å². The lowest BCUT2D eigenvalue weighted by Gasteiger charge is -2.25. The van der Waals surface area contributed by atoms with Gasteiger partial charge >= 0.3 is 0 Å². The summed E-state index contributed by atoms with van der Waals surface area (Å²) in [5.74, 6) is 2.66. The molecule has 2 aliphatic rings. The van der Waals surface area contributed by atoms with Crippen molar-refractivity contribution in [2.24, 2.45) is 0 Å². The summed E-state index contributed by atoms with van der Waals surface area (Å²) in [5, 5.41) is 12.3. The average molecular weight is 240 g/mol. The Kier molecular flexibility index (Phi) is 2.23. The van der Waals surface area contributed by atoms with Crippen LogP contribution in [0.1, 0.15) is 35.1 Å². The summed E-state index contributed by atoms with van der Waals surface area (Å²) in [5.41, 5.74) is 2.81. The fourth-order valence-corrected chi connectivity index (χ4v) is 3.16. The molecule has 1 unspecified atom stereocenters. The largest absolute Gasteiger partial charge is 0.314 e. The van der Waals surface area contributed by atoms with Crippen molar-refractivity contribution in [3.05, 3.63) is 47.0 Å². The molecule has 4 rings (SSSR count). The normalized spacial score (nSPS) is 21.7. The first-order chi connectivity index (χ1) is 8.93. The molecule has 1 atom stereocenters. The maximum absolute atomic E-state index is 4.43. The molecule has 1 aromatic heterocycles. The predicted molar refractivity (Wildman–Crippen MR) is 68.3 cm³/mol. The number of aromatic nitrogens is 3. The van der Waals surface area contributed by atoms with E-state index in [0.29, 0.717) is 5.92 Å². The van der Waals surface area contributed by atoms with Crippen molar-refractivity contribution in [2.45, 2.75) is 31.8 Å². The van der Waals surface area contributed by atoms with Crippen LogP contribution in [0.5, 0.6) is 0 Å². The van der Waals surface area contributed by atoms with Crippen LogP contribution < -0.4 is 5.32 Å². The average Bonchev–Trinajstić information content (AvgIpc) is 3.01. The Bertz CT molecular complexity index is 587.